The van der Waals surface area contributed by atoms with Crippen LogP contribution in [0.1, 0.15) is 28.8 Å². The maximum Gasteiger partial charge on any atom is 0.338 e. The molecule has 1 aliphatic rings. The van der Waals surface area contributed by atoms with Gasteiger partial charge in [-0.3, -0.25) is 4.79 Å². The van der Waals surface area contributed by atoms with Gasteiger partial charge < -0.3 is 14.4 Å². The third-order valence-corrected chi connectivity index (χ3v) is 5.22. The van der Waals surface area contributed by atoms with Crippen molar-refractivity contribution in [2.24, 2.45) is 0 Å². The summed E-state index contributed by atoms with van der Waals surface area (Å²) in [5.41, 5.74) is 1.48. The zero-order valence-corrected chi connectivity index (χ0v) is 16.3. The summed E-state index contributed by atoms with van der Waals surface area (Å²) < 4.78 is 10.4. The molecule has 0 spiro atoms. The second kappa shape index (κ2) is 8.95. The van der Waals surface area contributed by atoms with Crippen LogP contribution in [-0.2, 0) is 16.1 Å². The lowest BCUT2D eigenvalue weighted by Gasteiger charge is -2.22. The van der Waals surface area contributed by atoms with E-state index in [2.05, 4.69) is 0 Å². The lowest BCUT2D eigenvalue weighted by molar-refractivity contribution is -0.135. The Bertz CT molecular complexity index is 785. The Balaban J connectivity index is 1.57. The molecule has 27 heavy (non-hydrogen) atoms. The molecular weight excluding hydrogens is 362 g/mol. The van der Waals surface area contributed by atoms with Gasteiger partial charge in [-0.1, -0.05) is 12.1 Å². The van der Waals surface area contributed by atoms with Gasteiger partial charge in [0.15, 0.2) is 6.61 Å². The molecule has 1 amide bonds. The molecule has 6 heteroatoms. The Morgan fingerprint density at radius 3 is 2.30 bits per heavy atom. The van der Waals surface area contributed by atoms with Gasteiger partial charge in [0.05, 0.1) is 12.7 Å². The summed E-state index contributed by atoms with van der Waals surface area (Å²) in [6.45, 7) is 0.267. The maximum atomic E-state index is 12.6. The smallest absolute Gasteiger partial charge is 0.338 e. The minimum atomic E-state index is -0.476. The molecule has 0 radical (unpaired) electrons. The summed E-state index contributed by atoms with van der Waals surface area (Å²) in [5, 5.41) is 0. The van der Waals surface area contributed by atoms with Gasteiger partial charge in [0.2, 0.25) is 0 Å². The van der Waals surface area contributed by atoms with Crippen LogP contribution in [-0.4, -0.2) is 42.8 Å². The number of nitrogens with zero attached hydrogens (tertiary/aromatic N) is 1. The van der Waals surface area contributed by atoms with Crippen molar-refractivity contribution in [1.82, 2.24) is 4.90 Å². The van der Waals surface area contributed by atoms with Crippen molar-refractivity contribution in [3.05, 3.63) is 59.7 Å². The minimum Gasteiger partial charge on any atom is -0.497 e. The second-order valence-electron chi connectivity index (χ2n) is 6.41. The SMILES string of the molecule is COc1ccc(CN(C(=O)COC(=O)c2ccc(SC)cc2)C2CC2)cc1. The van der Waals surface area contributed by atoms with Gasteiger partial charge in [0.1, 0.15) is 5.75 Å². The van der Waals surface area contributed by atoms with E-state index >= 15 is 0 Å². The molecular formula is C21H23NO4S. The van der Waals surface area contributed by atoms with Gasteiger partial charge in [-0.05, 0) is 61.1 Å². The van der Waals surface area contributed by atoms with E-state index in [9.17, 15) is 9.59 Å². The molecule has 1 fully saturated rings. The van der Waals surface area contributed by atoms with Crippen LogP contribution in [0.25, 0.3) is 0 Å². The second-order valence-corrected chi connectivity index (χ2v) is 7.29. The van der Waals surface area contributed by atoms with Crippen molar-refractivity contribution < 1.29 is 19.1 Å². The lowest BCUT2D eigenvalue weighted by atomic mass is 10.2. The molecule has 142 valence electrons. The van der Waals surface area contributed by atoms with E-state index in [1.807, 2.05) is 42.7 Å². The first-order valence-corrected chi connectivity index (χ1v) is 10.1. The van der Waals surface area contributed by atoms with Crippen molar-refractivity contribution >= 4 is 23.6 Å². The van der Waals surface area contributed by atoms with Crippen LogP contribution in [0, 0.1) is 0 Å². The van der Waals surface area contributed by atoms with Crippen molar-refractivity contribution in [2.45, 2.75) is 30.3 Å². The van der Waals surface area contributed by atoms with Crippen LogP contribution in [0.5, 0.6) is 5.75 Å². The first-order valence-electron chi connectivity index (χ1n) is 8.84. The molecule has 1 aliphatic carbocycles. The van der Waals surface area contributed by atoms with Gasteiger partial charge >= 0.3 is 5.97 Å². The Morgan fingerprint density at radius 1 is 1.07 bits per heavy atom. The Morgan fingerprint density at radius 2 is 1.74 bits per heavy atom. The highest BCUT2D eigenvalue weighted by molar-refractivity contribution is 7.98. The molecule has 0 N–H and O–H groups in total. The summed E-state index contributed by atoms with van der Waals surface area (Å²) in [6.07, 6.45) is 3.96. The molecule has 0 atom stereocenters. The predicted molar refractivity (Wildman–Crippen MR) is 105 cm³/mol. The standard InChI is InChI=1S/C21H23NO4S/c1-25-18-9-3-15(4-10-18)13-22(17-7-8-17)20(23)14-26-21(24)16-5-11-19(27-2)12-6-16/h3-6,9-12,17H,7-8,13-14H2,1-2H3. The molecule has 0 aromatic heterocycles. The fraction of sp³-hybridized carbons (Fsp3) is 0.333. The van der Waals surface area contributed by atoms with E-state index in [4.69, 9.17) is 9.47 Å². The van der Waals surface area contributed by atoms with Gasteiger partial charge in [0, 0.05) is 17.5 Å². The van der Waals surface area contributed by atoms with Crippen molar-refractivity contribution in [2.75, 3.05) is 20.0 Å². The summed E-state index contributed by atoms with van der Waals surface area (Å²) in [7, 11) is 1.62. The maximum absolute atomic E-state index is 12.6. The van der Waals surface area contributed by atoms with Crippen LogP contribution in [0.2, 0.25) is 0 Å². The largest absolute Gasteiger partial charge is 0.497 e. The monoisotopic (exact) mass is 385 g/mol. The quantitative estimate of drug-likeness (QED) is 0.511. The number of methoxy groups -OCH3 is 1. The molecule has 2 aromatic carbocycles. The number of amides is 1. The van der Waals surface area contributed by atoms with Crippen LogP contribution < -0.4 is 4.74 Å². The number of hydrogen-bond acceptors (Lipinski definition) is 5. The fourth-order valence-electron chi connectivity index (χ4n) is 2.76. The molecule has 0 unspecified atom stereocenters. The van der Waals surface area contributed by atoms with E-state index in [-0.39, 0.29) is 18.6 Å². The molecule has 3 rings (SSSR count). The number of rotatable bonds is 8. The normalized spacial score (nSPS) is 13.1. The fourth-order valence-corrected chi connectivity index (χ4v) is 3.16. The summed E-state index contributed by atoms with van der Waals surface area (Å²) in [6, 6.07) is 15.0. The average molecular weight is 385 g/mol. The van der Waals surface area contributed by atoms with Gasteiger partial charge in [-0.25, -0.2) is 4.79 Å². The summed E-state index contributed by atoms with van der Waals surface area (Å²) >= 11 is 1.60. The van der Waals surface area contributed by atoms with E-state index < -0.39 is 5.97 Å². The third kappa shape index (κ3) is 5.26. The van der Waals surface area contributed by atoms with E-state index in [0.29, 0.717) is 12.1 Å². The van der Waals surface area contributed by atoms with Crippen LogP contribution in [0.4, 0.5) is 0 Å². The topological polar surface area (TPSA) is 55.8 Å². The number of hydrogen-bond donors (Lipinski definition) is 0. The Hall–Kier alpha value is -2.47. The summed E-state index contributed by atoms with van der Waals surface area (Å²) in [5.74, 6) is 0.142. The number of ether oxygens (including phenoxy) is 2. The zero-order valence-electron chi connectivity index (χ0n) is 15.5. The van der Waals surface area contributed by atoms with E-state index in [1.54, 1.807) is 35.9 Å². The molecule has 2 aromatic rings. The first-order chi connectivity index (χ1) is 13.1. The average Bonchev–Trinajstić information content (AvgIpc) is 3.55. The summed E-state index contributed by atoms with van der Waals surface area (Å²) in [4.78, 5) is 27.6. The van der Waals surface area contributed by atoms with Crippen LogP contribution in [0.15, 0.2) is 53.4 Å². The van der Waals surface area contributed by atoms with Crippen LogP contribution in [0.3, 0.4) is 0 Å². The van der Waals surface area contributed by atoms with Crippen LogP contribution >= 0.6 is 11.8 Å². The van der Waals surface area contributed by atoms with Gasteiger partial charge in [0.25, 0.3) is 5.91 Å². The number of thioether (sulfide) groups is 1. The van der Waals surface area contributed by atoms with Crippen molar-refractivity contribution in [3.8, 4) is 5.75 Å². The molecule has 0 aliphatic heterocycles. The lowest BCUT2D eigenvalue weighted by Crippen LogP contribution is -2.36. The molecule has 1 saturated carbocycles. The van der Waals surface area contributed by atoms with E-state index in [1.165, 1.54) is 0 Å². The number of benzene rings is 2. The molecule has 0 bridgehead atoms. The minimum absolute atomic E-state index is 0.164. The predicted octanol–water partition coefficient (Wildman–Crippen LogP) is 3.77. The number of carbonyl (C=O) groups is 2. The highest BCUT2D eigenvalue weighted by Gasteiger charge is 2.33. The first kappa shape index (κ1) is 19.3. The highest BCUT2D eigenvalue weighted by Crippen LogP contribution is 2.29. The van der Waals surface area contributed by atoms with Crippen molar-refractivity contribution in [3.63, 3.8) is 0 Å². The number of esters is 1. The van der Waals surface area contributed by atoms with Gasteiger partial charge in [-0.2, -0.15) is 0 Å². The van der Waals surface area contributed by atoms with E-state index in [0.717, 1.165) is 29.1 Å². The molecule has 0 heterocycles. The number of carbonyl (C=O) groups excluding carboxylic acids is 2. The third-order valence-electron chi connectivity index (χ3n) is 4.47. The highest BCUT2D eigenvalue weighted by atomic mass is 32.2. The van der Waals surface area contributed by atoms with Gasteiger partial charge in [-0.15, -0.1) is 11.8 Å². The molecule has 5 nitrogen and oxygen atoms in total. The van der Waals surface area contributed by atoms with Crippen molar-refractivity contribution in [1.29, 1.82) is 0 Å². The Kier molecular flexibility index (Phi) is 6.40. The zero-order chi connectivity index (χ0) is 19.2. The Labute approximate surface area is 163 Å². The molecule has 0 saturated heterocycles.